The molecule has 0 fully saturated rings. The minimum absolute atomic E-state index is 0.296. The molecular formula is C17H18N6O. The zero-order valence-electron chi connectivity index (χ0n) is 13.2. The van der Waals surface area contributed by atoms with E-state index in [4.69, 9.17) is 4.74 Å². The minimum Gasteiger partial charge on any atom is -0.492 e. The molecule has 0 spiro atoms. The van der Waals surface area contributed by atoms with Gasteiger partial charge in [0.15, 0.2) is 0 Å². The third-order valence-corrected chi connectivity index (χ3v) is 4.04. The molecule has 0 N–H and O–H groups in total. The summed E-state index contributed by atoms with van der Waals surface area (Å²) in [6, 6.07) is 5.62. The Hall–Kier alpha value is -2.96. The summed E-state index contributed by atoms with van der Waals surface area (Å²) in [7, 11) is 0. The van der Waals surface area contributed by atoms with Crippen molar-refractivity contribution in [3.05, 3.63) is 61.2 Å². The minimum atomic E-state index is 0.296. The fourth-order valence-corrected chi connectivity index (χ4v) is 2.91. The van der Waals surface area contributed by atoms with E-state index in [0.717, 1.165) is 37.0 Å². The molecule has 0 radical (unpaired) electrons. The average molecular weight is 322 g/mol. The highest BCUT2D eigenvalue weighted by molar-refractivity contribution is 5.30. The summed E-state index contributed by atoms with van der Waals surface area (Å²) >= 11 is 0. The number of pyridine rings is 1. The number of hydrogen-bond acceptors (Lipinski definition) is 6. The second-order valence-electron chi connectivity index (χ2n) is 5.83. The van der Waals surface area contributed by atoms with Crippen molar-refractivity contribution >= 4 is 5.95 Å². The van der Waals surface area contributed by atoms with Crippen LogP contribution in [0.15, 0.2) is 55.5 Å². The molecule has 0 aromatic carbocycles. The van der Waals surface area contributed by atoms with Crippen molar-refractivity contribution in [2.45, 2.75) is 13.1 Å². The molecule has 0 unspecified atom stereocenters. The van der Waals surface area contributed by atoms with Crippen LogP contribution in [0.2, 0.25) is 0 Å². The van der Waals surface area contributed by atoms with Gasteiger partial charge < -0.3 is 14.2 Å². The molecule has 1 aliphatic rings. The van der Waals surface area contributed by atoms with Gasteiger partial charge >= 0.3 is 0 Å². The van der Waals surface area contributed by atoms with E-state index in [-0.39, 0.29) is 0 Å². The van der Waals surface area contributed by atoms with Crippen LogP contribution in [0.25, 0.3) is 0 Å². The van der Waals surface area contributed by atoms with Crippen molar-refractivity contribution in [3.8, 4) is 5.75 Å². The van der Waals surface area contributed by atoms with Crippen molar-refractivity contribution in [3.63, 3.8) is 0 Å². The molecule has 0 saturated carbocycles. The van der Waals surface area contributed by atoms with Gasteiger partial charge in [0.05, 0.1) is 31.4 Å². The monoisotopic (exact) mass is 322 g/mol. The summed E-state index contributed by atoms with van der Waals surface area (Å²) in [5.74, 6) is 1.82. The van der Waals surface area contributed by atoms with E-state index in [1.807, 2.05) is 30.7 Å². The van der Waals surface area contributed by atoms with Crippen LogP contribution in [0.5, 0.6) is 5.75 Å². The highest BCUT2D eigenvalue weighted by atomic mass is 16.5. The third-order valence-electron chi connectivity index (χ3n) is 4.04. The number of aromatic nitrogens is 5. The summed E-state index contributed by atoms with van der Waals surface area (Å²) < 4.78 is 8.09. The molecule has 1 aliphatic heterocycles. The van der Waals surface area contributed by atoms with Crippen LogP contribution in [0.1, 0.15) is 5.69 Å². The van der Waals surface area contributed by atoms with Gasteiger partial charge in [-0.25, -0.2) is 15.0 Å². The first-order chi connectivity index (χ1) is 11.9. The fraction of sp³-hybridized carbons (Fsp3) is 0.294. The zero-order valence-corrected chi connectivity index (χ0v) is 13.2. The van der Waals surface area contributed by atoms with Gasteiger partial charge in [0, 0.05) is 43.8 Å². The Morgan fingerprint density at radius 1 is 1.04 bits per heavy atom. The van der Waals surface area contributed by atoms with Gasteiger partial charge in [0.25, 0.3) is 0 Å². The molecule has 4 rings (SSSR count). The number of fused-ring (bicyclic) bond motifs is 1. The lowest BCUT2D eigenvalue weighted by Crippen LogP contribution is -2.32. The molecule has 7 nitrogen and oxygen atoms in total. The standard InChI is InChI=1S/C17H18N6O/c1-3-16(8-18-4-1)24-12-14-9-22(17-20-5-2-6-21-17)11-15-7-19-13-23(15)10-14/h1-8,13-14H,9-12H2/t14-/m1/s1. The van der Waals surface area contributed by atoms with E-state index in [1.165, 1.54) is 0 Å². The lowest BCUT2D eigenvalue weighted by atomic mass is 10.1. The molecular weight excluding hydrogens is 304 g/mol. The Balaban J connectivity index is 1.53. The Bertz CT molecular complexity index is 776. The van der Waals surface area contributed by atoms with Crippen LogP contribution in [-0.4, -0.2) is 37.7 Å². The first-order valence-electron chi connectivity index (χ1n) is 7.92. The second-order valence-corrected chi connectivity index (χ2v) is 5.83. The topological polar surface area (TPSA) is 69.0 Å². The maximum absolute atomic E-state index is 5.91. The molecule has 0 amide bonds. The maximum atomic E-state index is 5.91. The number of hydrogen-bond donors (Lipinski definition) is 0. The van der Waals surface area contributed by atoms with Gasteiger partial charge in [-0.2, -0.15) is 0 Å². The van der Waals surface area contributed by atoms with Crippen LogP contribution >= 0.6 is 0 Å². The lowest BCUT2D eigenvalue weighted by molar-refractivity contribution is 0.236. The van der Waals surface area contributed by atoms with Gasteiger partial charge in [-0.15, -0.1) is 0 Å². The Morgan fingerprint density at radius 3 is 2.79 bits per heavy atom. The van der Waals surface area contributed by atoms with Gasteiger partial charge in [-0.1, -0.05) is 0 Å². The van der Waals surface area contributed by atoms with Crippen LogP contribution in [-0.2, 0) is 13.1 Å². The van der Waals surface area contributed by atoms with Crippen LogP contribution in [0.3, 0.4) is 0 Å². The van der Waals surface area contributed by atoms with Gasteiger partial charge in [0.2, 0.25) is 5.95 Å². The van der Waals surface area contributed by atoms with Gasteiger partial charge in [-0.05, 0) is 18.2 Å². The Labute approximate surface area is 140 Å². The molecule has 0 bridgehead atoms. The number of ether oxygens (including phenoxy) is 1. The van der Waals surface area contributed by atoms with Crippen molar-refractivity contribution in [1.82, 2.24) is 24.5 Å². The number of imidazole rings is 1. The number of rotatable bonds is 4. The number of anilines is 1. The highest BCUT2D eigenvalue weighted by Crippen LogP contribution is 2.20. The first-order valence-corrected chi connectivity index (χ1v) is 7.92. The molecule has 1 atom stereocenters. The number of nitrogens with zero attached hydrogens (tertiary/aromatic N) is 6. The SMILES string of the molecule is c1cnc(N2Cc3cncn3C[C@H](COc3cccnc3)C2)nc1. The van der Waals surface area contributed by atoms with E-state index in [2.05, 4.69) is 29.4 Å². The molecule has 122 valence electrons. The molecule has 0 aliphatic carbocycles. The Kier molecular flexibility index (Phi) is 4.05. The third kappa shape index (κ3) is 3.19. The summed E-state index contributed by atoms with van der Waals surface area (Å²) in [6.07, 6.45) is 10.8. The van der Waals surface area contributed by atoms with Gasteiger partial charge in [-0.3, -0.25) is 4.98 Å². The summed E-state index contributed by atoms with van der Waals surface area (Å²) in [5, 5.41) is 0. The molecule has 4 heterocycles. The highest BCUT2D eigenvalue weighted by Gasteiger charge is 2.24. The maximum Gasteiger partial charge on any atom is 0.225 e. The quantitative estimate of drug-likeness (QED) is 0.729. The normalized spacial score (nSPS) is 17.2. The van der Waals surface area contributed by atoms with E-state index < -0.39 is 0 Å². The van der Waals surface area contributed by atoms with E-state index in [1.54, 1.807) is 24.8 Å². The van der Waals surface area contributed by atoms with E-state index in [0.29, 0.717) is 12.5 Å². The van der Waals surface area contributed by atoms with E-state index in [9.17, 15) is 0 Å². The molecule has 3 aromatic heterocycles. The van der Waals surface area contributed by atoms with Crippen molar-refractivity contribution in [1.29, 1.82) is 0 Å². The zero-order chi connectivity index (χ0) is 16.2. The van der Waals surface area contributed by atoms with Crippen molar-refractivity contribution in [2.24, 2.45) is 5.92 Å². The van der Waals surface area contributed by atoms with Crippen molar-refractivity contribution in [2.75, 3.05) is 18.1 Å². The van der Waals surface area contributed by atoms with Crippen LogP contribution < -0.4 is 9.64 Å². The largest absolute Gasteiger partial charge is 0.492 e. The molecule has 24 heavy (non-hydrogen) atoms. The summed E-state index contributed by atoms with van der Waals surface area (Å²) in [5.41, 5.74) is 1.16. The molecule has 7 heteroatoms. The van der Waals surface area contributed by atoms with Crippen LogP contribution in [0, 0.1) is 5.92 Å². The van der Waals surface area contributed by atoms with E-state index >= 15 is 0 Å². The van der Waals surface area contributed by atoms with Crippen molar-refractivity contribution < 1.29 is 4.74 Å². The smallest absolute Gasteiger partial charge is 0.225 e. The van der Waals surface area contributed by atoms with Gasteiger partial charge in [0.1, 0.15) is 5.75 Å². The molecule has 0 saturated heterocycles. The average Bonchev–Trinajstić information content (AvgIpc) is 2.99. The molecule has 3 aromatic rings. The predicted molar refractivity (Wildman–Crippen MR) is 88.5 cm³/mol. The van der Waals surface area contributed by atoms with Crippen LogP contribution in [0.4, 0.5) is 5.95 Å². The lowest BCUT2D eigenvalue weighted by Gasteiger charge is -2.24. The summed E-state index contributed by atoms with van der Waals surface area (Å²) in [6.45, 7) is 3.03. The second kappa shape index (κ2) is 6.66. The Morgan fingerprint density at radius 2 is 1.96 bits per heavy atom. The predicted octanol–water partition coefficient (Wildman–Crippen LogP) is 1.78. The first kappa shape index (κ1) is 14.6. The fourth-order valence-electron chi connectivity index (χ4n) is 2.91. The summed E-state index contributed by atoms with van der Waals surface area (Å²) in [4.78, 5) is 19.3.